The Labute approximate surface area is 160 Å². The minimum Gasteiger partial charge on any atom is -0.385 e. The second-order valence-corrected chi connectivity index (χ2v) is 6.59. The Morgan fingerprint density at radius 2 is 1.93 bits per heavy atom. The van der Waals surface area contributed by atoms with E-state index in [0.29, 0.717) is 28.5 Å². The van der Waals surface area contributed by atoms with Gasteiger partial charge < -0.3 is 21.3 Å². The Morgan fingerprint density at radius 1 is 1.14 bits per heavy atom. The molecule has 1 saturated carbocycles. The van der Waals surface area contributed by atoms with E-state index in [1.54, 1.807) is 33.4 Å². The van der Waals surface area contributed by atoms with Crippen LogP contribution in [0.25, 0.3) is 5.65 Å². The van der Waals surface area contributed by atoms with Gasteiger partial charge in [0.2, 0.25) is 0 Å². The highest BCUT2D eigenvalue weighted by molar-refractivity contribution is 5.98. The fourth-order valence-electron chi connectivity index (χ4n) is 2.86. The molecular formula is C17H21N9O2. The number of aryl methyl sites for hydroxylation is 1. The summed E-state index contributed by atoms with van der Waals surface area (Å²) in [4.78, 5) is 28.9. The van der Waals surface area contributed by atoms with E-state index < -0.39 is 0 Å². The van der Waals surface area contributed by atoms with Crippen molar-refractivity contribution in [2.45, 2.75) is 18.9 Å². The maximum absolute atomic E-state index is 12.5. The molecule has 2 amide bonds. The highest BCUT2D eigenvalue weighted by atomic mass is 16.2. The van der Waals surface area contributed by atoms with Gasteiger partial charge in [-0.15, -0.1) is 5.10 Å². The first-order chi connectivity index (χ1) is 13.5. The van der Waals surface area contributed by atoms with Crippen molar-refractivity contribution in [3.8, 4) is 0 Å². The molecule has 1 fully saturated rings. The van der Waals surface area contributed by atoms with Crippen molar-refractivity contribution >= 4 is 34.7 Å². The lowest BCUT2D eigenvalue weighted by molar-refractivity contribution is 0.0940. The van der Waals surface area contributed by atoms with Crippen LogP contribution in [0, 0.1) is 0 Å². The monoisotopic (exact) mass is 383 g/mol. The number of hydrogen-bond acceptors (Lipinski definition) is 7. The van der Waals surface area contributed by atoms with Crippen LogP contribution < -0.4 is 21.3 Å². The van der Waals surface area contributed by atoms with E-state index in [1.165, 1.54) is 15.4 Å². The zero-order valence-corrected chi connectivity index (χ0v) is 15.8. The largest absolute Gasteiger partial charge is 0.385 e. The summed E-state index contributed by atoms with van der Waals surface area (Å²) in [6.07, 6.45) is 5.18. The predicted molar refractivity (Wildman–Crippen MR) is 103 cm³/mol. The van der Waals surface area contributed by atoms with Gasteiger partial charge in [-0.25, -0.2) is 9.50 Å². The molecule has 3 aromatic heterocycles. The first kappa shape index (κ1) is 17.8. The minimum atomic E-state index is -0.315. The molecule has 0 radical (unpaired) electrons. The molecule has 0 aromatic carbocycles. The highest BCUT2D eigenvalue weighted by Crippen LogP contribution is 2.25. The van der Waals surface area contributed by atoms with Gasteiger partial charge in [0, 0.05) is 39.4 Å². The van der Waals surface area contributed by atoms with Gasteiger partial charge >= 0.3 is 0 Å². The molecule has 146 valence electrons. The van der Waals surface area contributed by atoms with E-state index >= 15 is 0 Å². The maximum atomic E-state index is 12.5. The molecule has 1 aliphatic rings. The van der Waals surface area contributed by atoms with Gasteiger partial charge in [-0.1, -0.05) is 0 Å². The lowest BCUT2D eigenvalue weighted by Gasteiger charge is -2.10. The van der Waals surface area contributed by atoms with E-state index in [0.717, 1.165) is 12.8 Å². The SMILES string of the molecule is CNC(=O)c1nn(C)cc1Nc1cc(NC)c2ncc(C(=O)NC3CC3)n2n1. The number of amides is 2. The van der Waals surface area contributed by atoms with Crippen molar-refractivity contribution < 1.29 is 9.59 Å². The van der Waals surface area contributed by atoms with Crippen molar-refractivity contribution in [2.75, 3.05) is 24.7 Å². The van der Waals surface area contributed by atoms with Gasteiger partial charge in [-0.3, -0.25) is 14.3 Å². The fraction of sp³-hybridized carbons (Fsp3) is 0.353. The predicted octanol–water partition coefficient (Wildman–Crippen LogP) is 0.500. The second-order valence-electron chi connectivity index (χ2n) is 6.59. The van der Waals surface area contributed by atoms with Crippen molar-refractivity contribution in [2.24, 2.45) is 7.05 Å². The molecule has 3 heterocycles. The van der Waals surface area contributed by atoms with Gasteiger partial charge in [0.15, 0.2) is 22.9 Å². The summed E-state index contributed by atoms with van der Waals surface area (Å²) in [5.41, 5.74) is 2.31. The number of carbonyl (C=O) groups is 2. The number of rotatable bonds is 6. The van der Waals surface area contributed by atoms with Crippen molar-refractivity contribution in [3.63, 3.8) is 0 Å². The van der Waals surface area contributed by atoms with Gasteiger partial charge in [0.05, 0.1) is 17.6 Å². The smallest absolute Gasteiger partial charge is 0.273 e. The quantitative estimate of drug-likeness (QED) is 0.488. The van der Waals surface area contributed by atoms with E-state index in [-0.39, 0.29) is 23.6 Å². The van der Waals surface area contributed by atoms with Crippen molar-refractivity contribution in [3.05, 3.63) is 29.8 Å². The third-order valence-corrected chi connectivity index (χ3v) is 4.42. The van der Waals surface area contributed by atoms with Crippen LogP contribution in [0.15, 0.2) is 18.5 Å². The van der Waals surface area contributed by atoms with E-state index in [2.05, 4.69) is 36.4 Å². The average molecular weight is 383 g/mol. The number of aromatic nitrogens is 5. The van der Waals surface area contributed by atoms with Crippen LogP contribution in [0.2, 0.25) is 0 Å². The summed E-state index contributed by atoms with van der Waals surface area (Å²) < 4.78 is 3.03. The standard InChI is InChI=1S/C17H21N9O2/c1-18-10-6-13(22-11-8-25(3)24-14(11)17(28)19-2)23-26-12(7-20-15(10)26)16(27)21-9-4-5-9/h6-9,18H,4-5H2,1-3H3,(H,19,28)(H,21,27)(H,22,23). The number of nitrogens with zero attached hydrogens (tertiary/aromatic N) is 5. The molecule has 0 saturated heterocycles. The molecule has 4 N–H and O–H groups in total. The number of anilines is 3. The molecule has 0 unspecified atom stereocenters. The summed E-state index contributed by atoms with van der Waals surface area (Å²) in [6.45, 7) is 0. The van der Waals surface area contributed by atoms with E-state index in [9.17, 15) is 9.59 Å². The first-order valence-electron chi connectivity index (χ1n) is 8.90. The zero-order chi connectivity index (χ0) is 19.8. The van der Waals surface area contributed by atoms with E-state index in [4.69, 9.17) is 0 Å². The second kappa shape index (κ2) is 6.83. The Kier molecular flexibility index (Phi) is 4.34. The molecule has 0 spiro atoms. The Hall–Kier alpha value is -3.63. The van der Waals surface area contributed by atoms with Crippen LogP contribution in [0.3, 0.4) is 0 Å². The molecule has 3 aromatic rings. The molecule has 1 aliphatic carbocycles. The average Bonchev–Trinajstić information content (AvgIpc) is 3.26. The zero-order valence-electron chi connectivity index (χ0n) is 15.8. The maximum Gasteiger partial charge on any atom is 0.273 e. The normalized spacial score (nSPS) is 13.4. The Balaban J connectivity index is 1.73. The van der Waals surface area contributed by atoms with Crippen molar-refractivity contribution in [1.82, 2.24) is 35.0 Å². The minimum absolute atomic E-state index is 0.214. The van der Waals surface area contributed by atoms with Gasteiger partial charge in [0.25, 0.3) is 11.8 Å². The number of imidazole rings is 1. The number of nitrogens with one attached hydrogen (secondary N) is 4. The molecular weight excluding hydrogens is 362 g/mol. The molecule has 0 aliphatic heterocycles. The summed E-state index contributed by atoms with van der Waals surface area (Å²) in [5.74, 6) is -0.0900. The van der Waals surface area contributed by atoms with E-state index in [1.807, 2.05) is 0 Å². The van der Waals surface area contributed by atoms with Crippen LogP contribution in [-0.2, 0) is 7.05 Å². The fourth-order valence-corrected chi connectivity index (χ4v) is 2.86. The first-order valence-corrected chi connectivity index (χ1v) is 8.90. The van der Waals surface area contributed by atoms with Crippen LogP contribution >= 0.6 is 0 Å². The summed E-state index contributed by atoms with van der Waals surface area (Å²) in [6, 6.07) is 1.99. The van der Waals surface area contributed by atoms with Gasteiger partial charge in [-0.2, -0.15) is 5.10 Å². The molecule has 11 heteroatoms. The topological polar surface area (TPSA) is 130 Å². The molecule has 0 bridgehead atoms. The van der Waals surface area contributed by atoms with Gasteiger partial charge in [0.1, 0.15) is 0 Å². The summed E-state index contributed by atoms with van der Waals surface area (Å²) in [5, 5.41) is 20.3. The lowest BCUT2D eigenvalue weighted by atomic mass is 10.3. The van der Waals surface area contributed by atoms with Crippen molar-refractivity contribution in [1.29, 1.82) is 0 Å². The third kappa shape index (κ3) is 3.21. The lowest BCUT2D eigenvalue weighted by Crippen LogP contribution is -2.27. The highest BCUT2D eigenvalue weighted by Gasteiger charge is 2.26. The van der Waals surface area contributed by atoms with Gasteiger partial charge in [-0.05, 0) is 12.8 Å². The summed E-state index contributed by atoms with van der Waals surface area (Å²) in [7, 11) is 5.03. The van der Waals surface area contributed by atoms with Crippen LogP contribution in [0.1, 0.15) is 33.8 Å². The Morgan fingerprint density at radius 3 is 2.61 bits per heavy atom. The van der Waals surface area contributed by atoms with Crippen LogP contribution in [-0.4, -0.2) is 56.3 Å². The molecule has 0 atom stereocenters. The molecule has 11 nitrogen and oxygen atoms in total. The third-order valence-electron chi connectivity index (χ3n) is 4.42. The Bertz CT molecular complexity index is 1060. The summed E-state index contributed by atoms with van der Waals surface area (Å²) >= 11 is 0. The van der Waals surface area contributed by atoms with Crippen LogP contribution in [0.5, 0.6) is 0 Å². The molecule has 4 rings (SSSR count). The number of hydrogen-bond donors (Lipinski definition) is 4. The van der Waals surface area contributed by atoms with Crippen LogP contribution in [0.4, 0.5) is 17.2 Å². The molecule has 28 heavy (non-hydrogen) atoms. The number of carbonyl (C=O) groups excluding carboxylic acids is 2. The number of fused-ring (bicyclic) bond motifs is 1.